The summed E-state index contributed by atoms with van der Waals surface area (Å²) in [5.41, 5.74) is 0.925. The normalized spacial score (nSPS) is 17.4. The second-order valence-corrected chi connectivity index (χ2v) is 7.20. The largest absolute Gasteiger partial charge is 0.497 e. The molecule has 0 aliphatic carbocycles. The van der Waals surface area contributed by atoms with Crippen molar-refractivity contribution in [1.82, 2.24) is 5.32 Å². The Morgan fingerprint density at radius 3 is 2.74 bits per heavy atom. The molecule has 1 aliphatic heterocycles. The standard InChI is InChI=1S/C20H22N2O5/c1-12-14(6-5-7-17(12)22(24)25)19(23)21-16-11-20(2,3)27-18-9-8-13(26-4)10-15(16)18/h5-10,16H,11H2,1-4H3,(H,21,23)/t16-/m0/s1. The summed E-state index contributed by atoms with van der Waals surface area (Å²) in [5, 5.41) is 14.2. The number of nitrogens with zero attached hydrogens (tertiary/aromatic N) is 1. The molecule has 2 aromatic rings. The summed E-state index contributed by atoms with van der Waals surface area (Å²) in [6.07, 6.45) is 0.562. The van der Waals surface area contributed by atoms with Gasteiger partial charge in [0.1, 0.15) is 17.1 Å². The maximum Gasteiger partial charge on any atom is 0.273 e. The number of nitro benzene ring substituents is 1. The molecule has 7 heteroatoms. The molecule has 1 atom stereocenters. The Morgan fingerprint density at radius 2 is 2.07 bits per heavy atom. The highest BCUT2D eigenvalue weighted by molar-refractivity contribution is 5.96. The number of fused-ring (bicyclic) bond motifs is 1. The third-order valence-corrected chi connectivity index (χ3v) is 4.73. The van der Waals surface area contributed by atoms with Gasteiger partial charge in [0.2, 0.25) is 0 Å². The maximum absolute atomic E-state index is 12.9. The van der Waals surface area contributed by atoms with Crippen LogP contribution in [-0.2, 0) is 0 Å². The average molecular weight is 370 g/mol. The number of hydrogen-bond acceptors (Lipinski definition) is 5. The van der Waals surface area contributed by atoms with E-state index in [-0.39, 0.29) is 23.2 Å². The fourth-order valence-electron chi connectivity index (χ4n) is 3.39. The van der Waals surface area contributed by atoms with Gasteiger partial charge in [0.05, 0.1) is 18.1 Å². The van der Waals surface area contributed by atoms with E-state index in [1.54, 1.807) is 20.1 Å². The highest BCUT2D eigenvalue weighted by Crippen LogP contribution is 2.41. The Balaban J connectivity index is 1.95. The Bertz CT molecular complexity index is 907. The second kappa shape index (κ2) is 6.90. The molecule has 0 saturated heterocycles. The van der Waals surface area contributed by atoms with Crippen molar-refractivity contribution < 1.29 is 19.2 Å². The molecule has 7 nitrogen and oxygen atoms in total. The lowest BCUT2D eigenvalue weighted by Gasteiger charge is -2.38. The van der Waals surface area contributed by atoms with Crippen LogP contribution >= 0.6 is 0 Å². The number of methoxy groups -OCH3 is 1. The molecule has 27 heavy (non-hydrogen) atoms. The SMILES string of the molecule is COc1ccc2c(c1)[C@@H](NC(=O)c1cccc([N+](=O)[O-])c1C)CC(C)(C)O2. The van der Waals surface area contributed by atoms with Crippen LogP contribution in [0.5, 0.6) is 11.5 Å². The van der Waals surface area contributed by atoms with Gasteiger partial charge in [0.15, 0.2) is 0 Å². The Hall–Kier alpha value is -3.09. The van der Waals surface area contributed by atoms with Crippen LogP contribution in [0.3, 0.4) is 0 Å². The first-order valence-corrected chi connectivity index (χ1v) is 8.63. The van der Waals surface area contributed by atoms with E-state index in [2.05, 4.69) is 5.32 Å². The van der Waals surface area contributed by atoms with E-state index in [4.69, 9.17) is 9.47 Å². The van der Waals surface area contributed by atoms with Crippen LogP contribution in [-0.4, -0.2) is 23.5 Å². The second-order valence-electron chi connectivity index (χ2n) is 7.20. The van der Waals surface area contributed by atoms with Crippen LogP contribution in [0.25, 0.3) is 0 Å². The fraction of sp³-hybridized carbons (Fsp3) is 0.350. The number of carbonyl (C=O) groups is 1. The van der Waals surface area contributed by atoms with E-state index in [9.17, 15) is 14.9 Å². The van der Waals surface area contributed by atoms with E-state index in [1.165, 1.54) is 12.1 Å². The zero-order valence-corrected chi connectivity index (χ0v) is 15.7. The molecule has 1 amide bonds. The van der Waals surface area contributed by atoms with Gasteiger partial charge >= 0.3 is 0 Å². The molecule has 0 saturated carbocycles. The van der Waals surface area contributed by atoms with Gasteiger partial charge in [0.25, 0.3) is 11.6 Å². The van der Waals surface area contributed by atoms with Gasteiger partial charge in [-0.3, -0.25) is 14.9 Å². The summed E-state index contributed by atoms with van der Waals surface area (Å²) in [7, 11) is 1.58. The number of ether oxygens (including phenoxy) is 2. The van der Waals surface area contributed by atoms with Crippen molar-refractivity contribution >= 4 is 11.6 Å². The van der Waals surface area contributed by atoms with Crippen LogP contribution < -0.4 is 14.8 Å². The van der Waals surface area contributed by atoms with Gasteiger partial charge in [-0.25, -0.2) is 0 Å². The number of rotatable bonds is 4. The summed E-state index contributed by atoms with van der Waals surface area (Å²) < 4.78 is 11.3. The first-order chi connectivity index (χ1) is 12.7. The molecule has 0 bridgehead atoms. The molecule has 142 valence electrons. The van der Waals surface area contributed by atoms with Crippen LogP contribution in [0.15, 0.2) is 36.4 Å². The minimum Gasteiger partial charge on any atom is -0.497 e. The summed E-state index contributed by atoms with van der Waals surface area (Å²) in [4.78, 5) is 23.5. The molecule has 0 spiro atoms. The molecule has 0 unspecified atom stereocenters. The van der Waals surface area contributed by atoms with Crippen LogP contribution in [0, 0.1) is 17.0 Å². The van der Waals surface area contributed by atoms with E-state index in [0.717, 1.165) is 5.56 Å². The molecule has 1 heterocycles. The smallest absolute Gasteiger partial charge is 0.273 e. The number of hydrogen-bond donors (Lipinski definition) is 1. The summed E-state index contributed by atoms with van der Waals surface area (Å²) in [5.74, 6) is 1.00. The van der Waals surface area contributed by atoms with Crippen molar-refractivity contribution in [2.24, 2.45) is 0 Å². The summed E-state index contributed by atoms with van der Waals surface area (Å²) in [6.45, 7) is 5.49. The average Bonchev–Trinajstić information content (AvgIpc) is 2.60. The zero-order valence-electron chi connectivity index (χ0n) is 15.7. The monoisotopic (exact) mass is 370 g/mol. The Morgan fingerprint density at radius 1 is 1.33 bits per heavy atom. The van der Waals surface area contributed by atoms with Crippen molar-refractivity contribution in [1.29, 1.82) is 0 Å². The molecular formula is C20H22N2O5. The number of carbonyl (C=O) groups excluding carboxylic acids is 1. The maximum atomic E-state index is 12.9. The minimum atomic E-state index is -0.482. The highest BCUT2D eigenvalue weighted by Gasteiger charge is 2.35. The zero-order chi connectivity index (χ0) is 19.8. The van der Waals surface area contributed by atoms with Gasteiger partial charge in [-0.05, 0) is 45.0 Å². The van der Waals surface area contributed by atoms with Crippen molar-refractivity contribution in [2.75, 3.05) is 7.11 Å². The van der Waals surface area contributed by atoms with Crippen molar-refractivity contribution in [3.8, 4) is 11.5 Å². The lowest BCUT2D eigenvalue weighted by molar-refractivity contribution is -0.385. The van der Waals surface area contributed by atoms with E-state index in [1.807, 2.05) is 32.0 Å². The molecule has 0 aromatic heterocycles. The lowest BCUT2D eigenvalue weighted by atomic mass is 9.89. The lowest BCUT2D eigenvalue weighted by Crippen LogP contribution is -2.41. The predicted octanol–water partition coefficient (Wildman–Crippen LogP) is 3.94. The van der Waals surface area contributed by atoms with Crippen LogP contribution in [0.4, 0.5) is 5.69 Å². The van der Waals surface area contributed by atoms with Gasteiger partial charge in [-0.1, -0.05) is 6.07 Å². The molecule has 2 aromatic carbocycles. The van der Waals surface area contributed by atoms with Crippen LogP contribution in [0.2, 0.25) is 0 Å². The minimum absolute atomic E-state index is 0.0722. The Kier molecular flexibility index (Phi) is 4.78. The number of benzene rings is 2. The molecule has 0 radical (unpaired) electrons. The quantitative estimate of drug-likeness (QED) is 0.650. The number of nitro groups is 1. The van der Waals surface area contributed by atoms with Crippen molar-refractivity contribution in [3.63, 3.8) is 0 Å². The number of nitrogens with one attached hydrogen (secondary N) is 1. The Labute approximate surface area is 157 Å². The molecule has 1 N–H and O–H groups in total. The first-order valence-electron chi connectivity index (χ1n) is 8.63. The van der Waals surface area contributed by atoms with Gasteiger partial charge in [-0.2, -0.15) is 0 Å². The third kappa shape index (κ3) is 3.72. The summed E-state index contributed by atoms with van der Waals surface area (Å²) >= 11 is 0. The third-order valence-electron chi connectivity index (χ3n) is 4.73. The van der Waals surface area contributed by atoms with Gasteiger partial charge in [0, 0.05) is 29.2 Å². The highest BCUT2D eigenvalue weighted by atomic mass is 16.6. The van der Waals surface area contributed by atoms with Gasteiger partial charge < -0.3 is 14.8 Å². The molecular weight excluding hydrogens is 348 g/mol. The van der Waals surface area contributed by atoms with Crippen molar-refractivity contribution in [2.45, 2.75) is 38.8 Å². The van der Waals surface area contributed by atoms with Crippen molar-refractivity contribution in [3.05, 3.63) is 63.2 Å². The fourth-order valence-corrected chi connectivity index (χ4v) is 3.39. The molecule has 0 fully saturated rings. The van der Waals surface area contributed by atoms with E-state index in [0.29, 0.717) is 23.5 Å². The number of amides is 1. The summed E-state index contributed by atoms with van der Waals surface area (Å²) in [6, 6.07) is 9.68. The first kappa shape index (κ1) is 18.7. The predicted molar refractivity (Wildman–Crippen MR) is 100 cm³/mol. The topological polar surface area (TPSA) is 90.7 Å². The van der Waals surface area contributed by atoms with E-state index >= 15 is 0 Å². The van der Waals surface area contributed by atoms with Gasteiger partial charge in [-0.15, -0.1) is 0 Å². The molecule has 1 aliphatic rings. The van der Waals surface area contributed by atoms with E-state index < -0.39 is 10.5 Å². The van der Waals surface area contributed by atoms with Crippen LogP contribution in [0.1, 0.15) is 47.8 Å². The molecule has 3 rings (SSSR count).